The summed E-state index contributed by atoms with van der Waals surface area (Å²) in [5.41, 5.74) is 0.420. The number of piperidine rings is 1. The third-order valence-corrected chi connectivity index (χ3v) is 7.14. The van der Waals surface area contributed by atoms with Crippen LogP contribution in [0.3, 0.4) is 0 Å². The van der Waals surface area contributed by atoms with Gasteiger partial charge in [-0.25, -0.2) is 4.79 Å². The Hall–Kier alpha value is -2.94. The van der Waals surface area contributed by atoms with Gasteiger partial charge in [0.05, 0.1) is 25.3 Å². The maximum absolute atomic E-state index is 13.0. The maximum Gasteiger partial charge on any atom is 0.410 e. The molecule has 34 heavy (non-hydrogen) atoms. The monoisotopic (exact) mass is 465 g/mol. The SMILES string of the molecule is O=C(OCc1ccccc1)N1CC(=O)N2CC3(CCN(Cc4ccccc4)CC3)OC2(CO)C1. The maximum atomic E-state index is 13.0. The van der Waals surface area contributed by atoms with Crippen molar-refractivity contribution in [3.8, 4) is 0 Å². The molecule has 180 valence electrons. The average molecular weight is 466 g/mol. The van der Waals surface area contributed by atoms with Gasteiger partial charge in [-0.2, -0.15) is 0 Å². The second-order valence-corrected chi connectivity index (χ2v) is 9.53. The molecule has 1 unspecified atom stereocenters. The Morgan fingerprint density at radius 1 is 0.971 bits per heavy atom. The zero-order valence-electron chi connectivity index (χ0n) is 19.3. The quantitative estimate of drug-likeness (QED) is 0.729. The number of hydrogen-bond acceptors (Lipinski definition) is 6. The Kier molecular flexibility index (Phi) is 6.29. The molecule has 0 aromatic heterocycles. The standard InChI is InChI=1S/C26H31N3O5/c30-20-26-19-28(24(32)33-17-22-9-5-2-6-10-22)16-23(31)29(26)18-25(34-26)11-13-27(14-12-25)15-21-7-3-1-4-8-21/h1-10,30H,11-20H2. The highest BCUT2D eigenvalue weighted by atomic mass is 16.6. The van der Waals surface area contributed by atoms with Crippen LogP contribution in [0.5, 0.6) is 0 Å². The average Bonchev–Trinajstić information content (AvgIpc) is 3.20. The molecule has 3 aliphatic rings. The molecule has 0 bridgehead atoms. The third kappa shape index (κ3) is 4.53. The van der Waals surface area contributed by atoms with Crippen LogP contribution in [0.25, 0.3) is 0 Å². The van der Waals surface area contributed by atoms with E-state index in [9.17, 15) is 14.7 Å². The summed E-state index contributed by atoms with van der Waals surface area (Å²) in [5.74, 6) is -0.222. The minimum Gasteiger partial charge on any atom is -0.445 e. The molecule has 8 nitrogen and oxygen atoms in total. The molecule has 1 spiro atoms. The van der Waals surface area contributed by atoms with Gasteiger partial charge in [-0.15, -0.1) is 0 Å². The van der Waals surface area contributed by atoms with Crippen molar-refractivity contribution in [3.63, 3.8) is 0 Å². The van der Waals surface area contributed by atoms with Crippen LogP contribution in [-0.2, 0) is 27.4 Å². The molecule has 3 fully saturated rings. The highest BCUT2D eigenvalue weighted by molar-refractivity contribution is 5.84. The molecule has 1 N–H and O–H groups in total. The van der Waals surface area contributed by atoms with E-state index in [0.717, 1.165) is 38.0 Å². The van der Waals surface area contributed by atoms with Crippen molar-refractivity contribution < 1.29 is 24.2 Å². The summed E-state index contributed by atoms with van der Waals surface area (Å²) in [4.78, 5) is 31.2. The first-order valence-corrected chi connectivity index (χ1v) is 11.8. The van der Waals surface area contributed by atoms with Crippen LogP contribution < -0.4 is 0 Å². The fraction of sp³-hybridized carbons (Fsp3) is 0.462. The number of nitrogens with zero attached hydrogens (tertiary/aromatic N) is 3. The molecule has 2 aromatic rings. The van der Waals surface area contributed by atoms with Gasteiger partial charge in [0.25, 0.3) is 0 Å². The van der Waals surface area contributed by atoms with Crippen LogP contribution in [0.15, 0.2) is 60.7 Å². The molecule has 8 heteroatoms. The Morgan fingerprint density at radius 3 is 2.26 bits per heavy atom. The van der Waals surface area contributed by atoms with E-state index in [1.807, 2.05) is 48.5 Å². The molecule has 2 aromatic carbocycles. The zero-order valence-corrected chi connectivity index (χ0v) is 19.3. The first kappa shape index (κ1) is 22.8. The number of aliphatic hydroxyl groups is 1. The number of ether oxygens (including phenoxy) is 2. The molecule has 5 rings (SSSR count). The van der Waals surface area contributed by atoms with Crippen LogP contribution in [0.2, 0.25) is 0 Å². The number of hydrogen-bond donors (Lipinski definition) is 1. The van der Waals surface area contributed by atoms with Gasteiger partial charge in [0, 0.05) is 19.6 Å². The minimum atomic E-state index is -1.22. The minimum absolute atomic E-state index is 0.0745. The van der Waals surface area contributed by atoms with E-state index in [0.29, 0.717) is 6.54 Å². The van der Waals surface area contributed by atoms with E-state index < -0.39 is 17.4 Å². The first-order chi connectivity index (χ1) is 16.5. The summed E-state index contributed by atoms with van der Waals surface area (Å²) < 4.78 is 12.0. The first-order valence-electron chi connectivity index (χ1n) is 11.8. The molecule has 0 radical (unpaired) electrons. The lowest BCUT2D eigenvalue weighted by atomic mass is 9.91. The number of likely N-dealkylation sites (tertiary alicyclic amines) is 1. The number of fused-ring (bicyclic) bond motifs is 1. The largest absolute Gasteiger partial charge is 0.445 e. The van der Waals surface area contributed by atoms with Gasteiger partial charge >= 0.3 is 6.09 Å². The second kappa shape index (κ2) is 9.37. The Morgan fingerprint density at radius 2 is 1.62 bits per heavy atom. The van der Waals surface area contributed by atoms with Crippen molar-refractivity contribution in [2.45, 2.75) is 37.3 Å². The molecular weight excluding hydrogens is 434 g/mol. The smallest absolute Gasteiger partial charge is 0.410 e. The van der Waals surface area contributed by atoms with Crippen LogP contribution in [0.4, 0.5) is 4.79 Å². The van der Waals surface area contributed by atoms with Crippen molar-refractivity contribution in [1.29, 1.82) is 0 Å². The summed E-state index contributed by atoms with van der Waals surface area (Å²) in [6.07, 6.45) is 0.958. The topological polar surface area (TPSA) is 82.6 Å². The van der Waals surface area contributed by atoms with E-state index in [1.54, 1.807) is 4.90 Å². The molecule has 3 heterocycles. The second-order valence-electron chi connectivity index (χ2n) is 9.53. The molecule has 0 aliphatic carbocycles. The highest BCUT2D eigenvalue weighted by Crippen LogP contribution is 2.43. The lowest BCUT2D eigenvalue weighted by Crippen LogP contribution is -2.65. The molecule has 3 saturated heterocycles. The lowest BCUT2D eigenvalue weighted by molar-refractivity contribution is -0.198. The molecule has 2 amide bonds. The predicted octanol–water partition coefficient (Wildman–Crippen LogP) is 2.22. The van der Waals surface area contributed by atoms with Crippen LogP contribution in [0, 0.1) is 0 Å². The number of aliphatic hydroxyl groups excluding tert-OH is 1. The molecule has 0 saturated carbocycles. The van der Waals surface area contributed by atoms with Crippen molar-refractivity contribution in [3.05, 3.63) is 71.8 Å². The van der Waals surface area contributed by atoms with Crippen molar-refractivity contribution >= 4 is 12.0 Å². The number of benzene rings is 2. The highest BCUT2D eigenvalue weighted by Gasteiger charge is 2.59. The van der Waals surface area contributed by atoms with Crippen LogP contribution >= 0.6 is 0 Å². The van der Waals surface area contributed by atoms with E-state index in [4.69, 9.17) is 9.47 Å². The number of carbonyl (C=O) groups excluding carboxylic acids is 2. The Labute approximate surface area is 199 Å². The lowest BCUT2D eigenvalue weighted by Gasteiger charge is -2.44. The normalized spacial score (nSPS) is 24.3. The number of amides is 2. The number of rotatable bonds is 5. The third-order valence-electron chi connectivity index (χ3n) is 7.14. The van der Waals surface area contributed by atoms with Gasteiger partial charge in [-0.05, 0) is 24.0 Å². The van der Waals surface area contributed by atoms with Crippen LogP contribution in [0.1, 0.15) is 24.0 Å². The van der Waals surface area contributed by atoms with Crippen molar-refractivity contribution in [2.24, 2.45) is 0 Å². The van der Waals surface area contributed by atoms with Crippen LogP contribution in [-0.4, -0.2) is 82.5 Å². The van der Waals surface area contributed by atoms with Gasteiger partial charge in [-0.1, -0.05) is 60.7 Å². The molecular formula is C26H31N3O5. The van der Waals surface area contributed by atoms with E-state index in [2.05, 4.69) is 17.0 Å². The number of piperazine rings is 1. The molecule has 3 aliphatic heterocycles. The number of carbonyl (C=O) groups is 2. The van der Waals surface area contributed by atoms with E-state index in [-0.39, 0.29) is 32.2 Å². The van der Waals surface area contributed by atoms with E-state index >= 15 is 0 Å². The summed E-state index contributed by atoms with van der Waals surface area (Å²) in [7, 11) is 0. The van der Waals surface area contributed by atoms with Crippen molar-refractivity contribution in [1.82, 2.24) is 14.7 Å². The van der Waals surface area contributed by atoms with Gasteiger partial charge in [0.2, 0.25) is 5.91 Å². The fourth-order valence-electron chi connectivity index (χ4n) is 5.29. The van der Waals surface area contributed by atoms with Gasteiger partial charge < -0.3 is 19.5 Å². The molecule has 1 atom stereocenters. The summed E-state index contributed by atoms with van der Waals surface area (Å²) in [6.45, 7) is 2.80. The van der Waals surface area contributed by atoms with Gasteiger partial charge in [-0.3, -0.25) is 14.6 Å². The van der Waals surface area contributed by atoms with E-state index in [1.165, 1.54) is 10.5 Å². The summed E-state index contributed by atoms with van der Waals surface area (Å²) >= 11 is 0. The predicted molar refractivity (Wildman–Crippen MR) is 124 cm³/mol. The van der Waals surface area contributed by atoms with Gasteiger partial charge in [0.15, 0.2) is 5.72 Å². The summed E-state index contributed by atoms with van der Waals surface area (Å²) in [5, 5.41) is 10.3. The fourth-order valence-corrected chi connectivity index (χ4v) is 5.29. The van der Waals surface area contributed by atoms with Gasteiger partial charge in [0.1, 0.15) is 13.2 Å². The van der Waals surface area contributed by atoms with Crippen molar-refractivity contribution in [2.75, 3.05) is 39.3 Å². The Bertz CT molecular complexity index is 1010. The zero-order chi connectivity index (χ0) is 23.6. The summed E-state index contributed by atoms with van der Waals surface area (Å²) in [6, 6.07) is 19.8. The Balaban J connectivity index is 1.22.